The Kier molecular flexibility index (Phi) is 6.60. The van der Waals surface area contributed by atoms with Crippen molar-refractivity contribution in [1.82, 2.24) is 10.3 Å². The minimum Gasteiger partial charge on any atom is -0.420 e. The third-order valence-electron chi connectivity index (χ3n) is 5.07. The second-order valence-corrected chi connectivity index (χ2v) is 12.0. The van der Waals surface area contributed by atoms with Crippen LogP contribution in [-0.4, -0.2) is 32.9 Å². The number of pyridine rings is 1. The third kappa shape index (κ3) is 5.06. The molecule has 0 aliphatic rings. The van der Waals surface area contributed by atoms with Gasteiger partial charge in [-0.15, -0.1) is 0 Å². The monoisotopic (exact) mass is 392 g/mol. The number of rotatable bonds is 8. The number of hydrogen-bond donors (Lipinski definition) is 1. The molecule has 3 rings (SSSR count). The van der Waals surface area contributed by atoms with E-state index in [1.807, 2.05) is 60.7 Å². The highest BCUT2D eigenvalue weighted by Gasteiger charge is 2.19. The number of benzene rings is 2. The number of aromatic nitrogens is 1. The van der Waals surface area contributed by atoms with E-state index in [9.17, 15) is 4.79 Å². The summed E-state index contributed by atoms with van der Waals surface area (Å²) in [4.78, 5) is 17.6. The van der Waals surface area contributed by atoms with Crippen molar-refractivity contribution in [2.45, 2.75) is 32.0 Å². The van der Waals surface area contributed by atoms with Crippen molar-refractivity contribution in [3.63, 3.8) is 0 Å². The SMILES string of the molecule is CO[Si](C)(C)CCCCNC(=O)c1cc(-c2ccccc2)nc2ccccc12. The van der Waals surface area contributed by atoms with E-state index in [1.165, 1.54) is 0 Å². The predicted octanol–water partition coefficient (Wildman–Crippen LogP) is 5.26. The first-order valence-electron chi connectivity index (χ1n) is 9.79. The summed E-state index contributed by atoms with van der Waals surface area (Å²) in [7, 11) is 0.278. The van der Waals surface area contributed by atoms with Gasteiger partial charge in [0, 0.05) is 24.6 Å². The zero-order valence-electron chi connectivity index (χ0n) is 16.9. The van der Waals surface area contributed by atoms with Crippen LogP contribution in [-0.2, 0) is 4.43 Å². The van der Waals surface area contributed by atoms with Gasteiger partial charge in [0.2, 0.25) is 0 Å². The van der Waals surface area contributed by atoms with E-state index in [0.717, 1.165) is 41.0 Å². The third-order valence-corrected chi connectivity index (χ3v) is 7.74. The van der Waals surface area contributed by atoms with Gasteiger partial charge >= 0.3 is 0 Å². The Hall–Kier alpha value is -2.50. The predicted molar refractivity (Wildman–Crippen MR) is 118 cm³/mol. The van der Waals surface area contributed by atoms with Crippen molar-refractivity contribution in [3.8, 4) is 11.3 Å². The number of fused-ring (bicyclic) bond motifs is 1. The molecule has 146 valence electrons. The van der Waals surface area contributed by atoms with Crippen molar-refractivity contribution >= 4 is 25.1 Å². The molecule has 4 nitrogen and oxygen atoms in total. The fraction of sp³-hybridized carbons (Fsp3) is 0.304. The smallest absolute Gasteiger partial charge is 0.252 e. The molecule has 2 aromatic carbocycles. The second kappa shape index (κ2) is 9.13. The minimum atomic E-state index is -1.52. The molecule has 0 bridgehead atoms. The van der Waals surface area contributed by atoms with E-state index in [2.05, 4.69) is 18.4 Å². The van der Waals surface area contributed by atoms with Crippen molar-refractivity contribution in [2.24, 2.45) is 0 Å². The van der Waals surface area contributed by atoms with Crippen LogP contribution < -0.4 is 5.32 Å². The fourth-order valence-corrected chi connectivity index (χ4v) is 4.50. The molecule has 5 heteroatoms. The van der Waals surface area contributed by atoms with Crippen molar-refractivity contribution in [3.05, 3.63) is 66.2 Å². The molecular formula is C23H28N2O2Si. The Labute approximate surface area is 168 Å². The summed E-state index contributed by atoms with van der Waals surface area (Å²) in [5, 5.41) is 3.96. The Morgan fingerprint density at radius 1 is 1.04 bits per heavy atom. The van der Waals surface area contributed by atoms with E-state index in [1.54, 1.807) is 7.11 Å². The number of amides is 1. The number of carbonyl (C=O) groups is 1. The van der Waals surface area contributed by atoms with E-state index < -0.39 is 8.32 Å². The van der Waals surface area contributed by atoms with E-state index in [-0.39, 0.29) is 5.91 Å². The van der Waals surface area contributed by atoms with Crippen LogP contribution in [0.5, 0.6) is 0 Å². The maximum absolute atomic E-state index is 12.9. The van der Waals surface area contributed by atoms with Gasteiger partial charge in [-0.05, 0) is 37.7 Å². The molecule has 0 fully saturated rings. The molecule has 3 aromatic rings. The van der Waals surface area contributed by atoms with E-state index >= 15 is 0 Å². The van der Waals surface area contributed by atoms with Crippen LogP contribution >= 0.6 is 0 Å². The summed E-state index contributed by atoms with van der Waals surface area (Å²) in [5.74, 6) is -0.0426. The van der Waals surface area contributed by atoms with Gasteiger partial charge in [0.25, 0.3) is 5.91 Å². The molecule has 0 atom stereocenters. The van der Waals surface area contributed by atoms with E-state index in [0.29, 0.717) is 12.1 Å². The lowest BCUT2D eigenvalue weighted by molar-refractivity contribution is 0.0955. The Balaban J connectivity index is 1.75. The van der Waals surface area contributed by atoms with Crippen LogP contribution in [0.25, 0.3) is 22.2 Å². The minimum absolute atomic E-state index is 0.0426. The van der Waals surface area contributed by atoms with Crippen molar-refractivity contribution < 1.29 is 9.22 Å². The van der Waals surface area contributed by atoms with Crippen LogP contribution in [0.4, 0.5) is 0 Å². The second-order valence-electron chi connectivity index (χ2n) is 7.62. The number of nitrogens with zero attached hydrogens (tertiary/aromatic N) is 1. The Morgan fingerprint density at radius 2 is 1.75 bits per heavy atom. The quantitative estimate of drug-likeness (QED) is 0.420. The molecule has 0 radical (unpaired) electrons. The lowest BCUT2D eigenvalue weighted by Gasteiger charge is -2.19. The molecule has 0 aliphatic carbocycles. The molecule has 1 aromatic heterocycles. The standard InChI is InChI=1S/C23H28N2O2Si/c1-27-28(2,3)16-10-9-15-24-23(26)20-17-22(18-11-5-4-6-12-18)25-21-14-8-7-13-19(20)21/h4-8,11-14,17H,9-10,15-16H2,1-3H3,(H,24,26). The zero-order chi connectivity index (χ0) is 20.0. The lowest BCUT2D eigenvalue weighted by Crippen LogP contribution is -2.29. The maximum Gasteiger partial charge on any atom is 0.252 e. The van der Waals surface area contributed by atoms with E-state index in [4.69, 9.17) is 9.41 Å². The maximum atomic E-state index is 12.9. The first-order chi connectivity index (χ1) is 13.5. The summed E-state index contributed by atoms with van der Waals surface area (Å²) in [6.07, 6.45) is 2.03. The van der Waals surface area contributed by atoms with Gasteiger partial charge in [0.1, 0.15) is 0 Å². The molecule has 0 spiro atoms. The van der Waals surface area contributed by atoms with Gasteiger partial charge in [-0.25, -0.2) is 4.98 Å². The fourth-order valence-electron chi connectivity index (χ4n) is 3.19. The van der Waals surface area contributed by atoms with Crippen LogP contribution in [0.2, 0.25) is 19.1 Å². The first-order valence-corrected chi connectivity index (χ1v) is 12.9. The van der Waals surface area contributed by atoms with Gasteiger partial charge in [0.15, 0.2) is 8.32 Å². The van der Waals surface area contributed by atoms with Crippen LogP contribution in [0, 0.1) is 0 Å². The summed E-state index contributed by atoms with van der Waals surface area (Å²) < 4.78 is 5.58. The molecule has 0 saturated heterocycles. The normalized spacial score (nSPS) is 11.5. The van der Waals surface area contributed by atoms with Crippen molar-refractivity contribution in [2.75, 3.05) is 13.7 Å². The molecule has 0 unspecified atom stereocenters. The number of hydrogen-bond acceptors (Lipinski definition) is 3. The average molecular weight is 393 g/mol. The zero-order valence-corrected chi connectivity index (χ0v) is 17.9. The molecule has 0 aliphatic heterocycles. The van der Waals surface area contributed by atoms with Gasteiger partial charge in [-0.2, -0.15) is 0 Å². The van der Waals surface area contributed by atoms with Gasteiger partial charge < -0.3 is 9.74 Å². The summed E-state index contributed by atoms with van der Waals surface area (Å²) >= 11 is 0. The summed E-state index contributed by atoms with van der Waals surface area (Å²) in [6.45, 7) is 5.12. The number of unbranched alkanes of at least 4 members (excludes halogenated alkanes) is 1. The highest BCUT2D eigenvalue weighted by Crippen LogP contribution is 2.24. The average Bonchev–Trinajstić information content (AvgIpc) is 2.73. The van der Waals surface area contributed by atoms with Gasteiger partial charge in [-0.3, -0.25) is 4.79 Å². The largest absolute Gasteiger partial charge is 0.420 e. The van der Waals surface area contributed by atoms with Crippen LogP contribution in [0.15, 0.2) is 60.7 Å². The summed E-state index contributed by atoms with van der Waals surface area (Å²) in [6, 6.07) is 20.8. The lowest BCUT2D eigenvalue weighted by atomic mass is 10.0. The van der Waals surface area contributed by atoms with Crippen molar-refractivity contribution in [1.29, 1.82) is 0 Å². The van der Waals surface area contributed by atoms with Gasteiger partial charge in [-0.1, -0.05) is 55.0 Å². The first kappa shape index (κ1) is 20.2. The van der Waals surface area contributed by atoms with Crippen LogP contribution in [0.3, 0.4) is 0 Å². The molecule has 0 saturated carbocycles. The molecule has 1 heterocycles. The number of nitrogens with one attached hydrogen (secondary N) is 1. The Morgan fingerprint density at radius 3 is 2.50 bits per heavy atom. The summed E-state index contributed by atoms with van der Waals surface area (Å²) in [5.41, 5.74) is 3.34. The highest BCUT2D eigenvalue weighted by molar-refractivity contribution is 6.71. The molecule has 1 N–H and O–H groups in total. The topological polar surface area (TPSA) is 51.2 Å². The Bertz CT molecular complexity index is 942. The molecule has 1 amide bonds. The van der Waals surface area contributed by atoms with Gasteiger partial charge in [0.05, 0.1) is 16.8 Å². The molecular weight excluding hydrogens is 364 g/mol. The number of carbonyl (C=O) groups excluding carboxylic acids is 1. The number of para-hydroxylation sites is 1. The molecule has 28 heavy (non-hydrogen) atoms. The highest BCUT2D eigenvalue weighted by atomic mass is 28.4. The van der Waals surface area contributed by atoms with Crippen LogP contribution in [0.1, 0.15) is 23.2 Å².